The lowest BCUT2D eigenvalue weighted by molar-refractivity contribution is -0.384. The number of nitro groups is 1. The Hall–Kier alpha value is -3.27. The molecule has 3 heterocycles. The molecule has 0 radical (unpaired) electrons. The highest BCUT2D eigenvalue weighted by atomic mass is 16.6. The van der Waals surface area contributed by atoms with Crippen molar-refractivity contribution in [1.82, 2.24) is 20.0 Å². The van der Waals surface area contributed by atoms with Gasteiger partial charge in [0.05, 0.1) is 4.92 Å². The predicted octanol–water partition coefficient (Wildman–Crippen LogP) is 1.10. The number of hydrogen-bond acceptors (Lipinski definition) is 8. The third-order valence-corrected chi connectivity index (χ3v) is 5.66. The van der Waals surface area contributed by atoms with Crippen molar-refractivity contribution in [1.29, 1.82) is 0 Å². The minimum absolute atomic E-state index is 0.0739. The summed E-state index contributed by atoms with van der Waals surface area (Å²) in [7, 11) is 2.12. The number of hydrogen-bond donors (Lipinski definition) is 0. The van der Waals surface area contributed by atoms with Crippen LogP contribution in [0, 0.1) is 10.1 Å². The smallest absolute Gasteiger partial charge is 0.270 e. The monoisotopic (exact) mass is 411 g/mol. The first-order valence-electron chi connectivity index (χ1n) is 10.1. The number of amides is 1. The van der Waals surface area contributed by atoms with Gasteiger partial charge in [-0.3, -0.25) is 14.9 Å². The number of likely N-dealkylation sites (N-methyl/N-ethyl adjacent to an activating group) is 1. The zero-order chi connectivity index (χ0) is 21.1. The van der Waals surface area contributed by atoms with Crippen LogP contribution in [0.3, 0.4) is 0 Å². The number of rotatable bonds is 4. The van der Waals surface area contributed by atoms with Gasteiger partial charge in [0.25, 0.3) is 11.6 Å². The van der Waals surface area contributed by atoms with E-state index in [1.54, 1.807) is 17.0 Å². The summed E-state index contributed by atoms with van der Waals surface area (Å²) in [5.41, 5.74) is 0.268. The minimum Gasteiger partial charge on any atom is -0.353 e. The standard InChI is InChI=1S/C20H25N7O3/c1-23-7-9-24(10-8-23)18-5-6-19(22-21-18)25-11-13-26(14-12-25)20(28)16-3-2-4-17(15-16)27(29)30/h2-6,15H,7-14H2,1H3. The molecule has 10 nitrogen and oxygen atoms in total. The fraction of sp³-hybridized carbons (Fsp3) is 0.450. The summed E-state index contributed by atoms with van der Waals surface area (Å²) >= 11 is 0. The fourth-order valence-electron chi connectivity index (χ4n) is 3.76. The highest BCUT2D eigenvalue weighted by Crippen LogP contribution is 2.19. The van der Waals surface area contributed by atoms with Gasteiger partial charge in [0.2, 0.25) is 0 Å². The fourth-order valence-corrected chi connectivity index (χ4v) is 3.76. The molecule has 158 valence electrons. The maximum atomic E-state index is 12.7. The average Bonchev–Trinajstić information content (AvgIpc) is 2.79. The maximum absolute atomic E-state index is 12.7. The van der Waals surface area contributed by atoms with Gasteiger partial charge in [0.1, 0.15) is 0 Å². The van der Waals surface area contributed by atoms with Crippen LogP contribution in [0.1, 0.15) is 10.4 Å². The normalized spacial score (nSPS) is 17.8. The first kappa shape index (κ1) is 20.0. The number of carbonyl (C=O) groups is 1. The Morgan fingerprint density at radius 1 is 0.900 bits per heavy atom. The molecule has 2 fully saturated rings. The Kier molecular flexibility index (Phi) is 5.75. The molecule has 2 saturated heterocycles. The van der Waals surface area contributed by atoms with E-state index in [1.807, 2.05) is 12.1 Å². The van der Waals surface area contributed by atoms with Gasteiger partial charge in [-0.25, -0.2) is 0 Å². The van der Waals surface area contributed by atoms with Gasteiger partial charge in [-0.2, -0.15) is 0 Å². The van der Waals surface area contributed by atoms with Gasteiger partial charge >= 0.3 is 0 Å². The highest BCUT2D eigenvalue weighted by molar-refractivity contribution is 5.95. The first-order valence-corrected chi connectivity index (χ1v) is 10.1. The van der Waals surface area contributed by atoms with Gasteiger partial charge in [-0.05, 0) is 25.2 Å². The van der Waals surface area contributed by atoms with Crippen LogP contribution in [0.25, 0.3) is 0 Å². The number of aromatic nitrogens is 2. The summed E-state index contributed by atoms with van der Waals surface area (Å²) in [6.45, 7) is 6.28. The molecule has 0 bridgehead atoms. The summed E-state index contributed by atoms with van der Waals surface area (Å²) in [6.07, 6.45) is 0. The van der Waals surface area contributed by atoms with E-state index < -0.39 is 4.92 Å². The van der Waals surface area contributed by atoms with E-state index in [0.717, 1.165) is 37.8 Å². The second-order valence-electron chi connectivity index (χ2n) is 7.63. The van der Waals surface area contributed by atoms with Crippen molar-refractivity contribution in [2.75, 3.05) is 69.2 Å². The van der Waals surface area contributed by atoms with E-state index in [9.17, 15) is 14.9 Å². The molecule has 2 aromatic rings. The summed E-state index contributed by atoms with van der Waals surface area (Å²) in [5, 5.41) is 19.7. The Morgan fingerprint density at radius 3 is 2.00 bits per heavy atom. The van der Waals surface area contributed by atoms with Crippen molar-refractivity contribution in [3.05, 3.63) is 52.1 Å². The molecule has 2 aliphatic heterocycles. The lowest BCUT2D eigenvalue weighted by Crippen LogP contribution is -2.49. The number of anilines is 2. The van der Waals surface area contributed by atoms with Crippen LogP contribution < -0.4 is 9.80 Å². The largest absolute Gasteiger partial charge is 0.353 e. The van der Waals surface area contributed by atoms with Crippen molar-refractivity contribution < 1.29 is 9.72 Å². The molecule has 0 aliphatic carbocycles. The Balaban J connectivity index is 1.34. The van der Waals surface area contributed by atoms with Crippen molar-refractivity contribution >= 4 is 23.2 Å². The van der Waals surface area contributed by atoms with Crippen LogP contribution in [0.15, 0.2) is 36.4 Å². The van der Waals surface area contributed by atoms with E-state index in [2.05, 4.69) is 31.9 Å². The average molecular weight is 411 g/mol. The molecule has 10 heteroatoms. The molecular formula is C20H25N7O3. The topological polar surface area (TPSA) is 99.0 Å². The molecule has 1 aromatic carbocycles. The number of piperazine rings is 2. The SMILES string of the molecule is CN1CCN(c2ccc(N3CCN(C(=O)c4cccc([N+](=O)[O-])c4)CC3)nn2)CC1. The van der Waals surface area contributed by atoms with E-state index in [1.165, 1.54) is 12.1 Å². The van der Waals surface area contributed by atoms with Crippen LogP contribution in [0.5, 0.6) is 0 Å². The van der Waals surface area contributed by atoms with Gasteiger partial charge in [0, 0.05) is 70.1 Å². The summed E-state index contributed by atoms with van der Waals surface area (Å²) in [6, 6.07) is 9.87. The predicted molar refractivity (Wildman–Crippen MR) is 113 cm³/mol. The van der Waals surface area contributed by atoms with E-state index in [-0.39, 0.29) is 11.6 Å². The van der Waals surface area contributed by atoms with Gasteiger partial charge < -0.3 is 19.6 Å². The van der Waals surface area contributed by atoms with Crippen LogP contribution in [-0.2, 0) is 0 Å². The van der Waals surface area contributed by atoms with Gasteiger partial charge in [-0.15, -0.1) is 10.2 Å². The quantitative estimate of drug-likeness (QED) is 0.545. The maximum Gasteiger partial charge on any atom is 0.270 e. The number of non-ortho nitro benzene ring substituents is 1. The Labute approximate surface area is 174 Å². The summed E-state index contributed by atoms with van der Waals surface area (Å²) in [5.74, 6) is 1.51. The molecule has 0 saturated carbocycles. The minimum atomic E-state index is -0.487. The molecule has 0 N–H and O–H groups in total. The summed E-state index contributed by atoms with van der Waals surface area (Å²) < 4.78 is 0. The zero-order valence-electron chi connectivity index (χ0n) is 17.0. The Morgan fingerprint density at radius 2 is 1.47 bits per heavy atom. The molecule has 0 atom stereocenters. The van der Waals surface area contributed by atoms with Crippen LogP contribution in [0.4, 0.5) is 17.3 Å². The second-order valence-corrected chi connectivity index (χ2v) is 7.63. The molecule has 4 rings (SSSR count). The lowest BCUT2D eigenvalue weighted by atomic mass is 10.1. The van der Waals surface area contributed by atoms with Crippen LogP contribution >= 0.6 is 0 Å². The zero-order valence-corrected chi connectivity index (χ0v) is 17.0. The second kappa shape index (κ2) is 8.62. The van der Waals surface area contributed by atoms with Crippen molar-refractivity contribution in [3.8, 4) is 0 Å². The molecule has 0 spiro atoms. The molecule has 2 aliphatic rings. The number of nitrogens with zero attached hydrogens (tertiary/aromatic N) is 7. The van der Waals surface area contributed by atoms with Crippen molar-refractivity contribution in [2.45, 2.75) is 0 Å². The highest BCUT2D eigenvalue weighted by Gasteiger charge is 2.24. The summed E-state index contributed by atoms with van der Waals surface area (Å²) in [4.78, 5) is 31.5. The molecular weight excluding hydrogens is 386 g/mol. The van der Waals surface area contributed by atoms with Crippen molar-refractivity contribution in [3.63, 3.8) is 0 Å². The number of benzene rings is 1. The van der Waals surface area contributed by atoms with E-state index in [4.69, 9.17) is 0 Å². The number of carbonyl (C=O) groups excluding carboxylic acids is 1. The Bertz CT molecular complexity index is 905. The van der Waals surface area contributed by atoms with Crippen LogP contribution in [0.2, 0.25) is 0 Å². The lowest BCUT2D eigenvalue weighted by Gasteiger charge is -2.35. The third-order valence-electron chi connectivity index (χ3n) is 5.66. The van der Waals surface area contributed by atoms with Gasteiger partial charge in [0.15, 0.2) is 11.6 Å². The van der Waals surface area contributed by atoms with E-state index >= 15 is 0 Å². The molecule has 0 unspecified atom stereocenters. The molecule has 1 amide bonds. The van der Waals surface area contributed by atoms with Crippen LogP contribution in [-0.4, -0.2) is 90.2 Å². The first-order chi connectivity index (χ1) is 14.5. The molecule has 30 heavy (non-hydrogen) atoms. The third kappa shape index (κ3) is 4.33. The number of nitro benzene ring substituents is 1. The van der Waals surface area contributed by atoms with Gasteiger partial charge in [-0.1, -0.05) is 6.07 Å². The van der Waals surface area contributed by atoms with E-state index in [0.29, 0.717) is 31.7 Å². The van der Waals surface area contributed by atoms with Crippen molar-refractivity contribution in [2.24, 2.45) is 0 Å². The molecule has 1 aromatic heterocycles.